The number of aryl methyl sites for hydroxylation is 1. The summed E-state index contributed by atoms with van der Waals surface area (Å²) in [5.74, 6) is 0.903. The zero-order valence-corrected chi connectivity index (χ0v) is 10.9. The van der Waals surface area contributed by atoms with Gasteiger partial charge in [0.15, 0.2) is 0 Å². The van der Waals surface area contributed by atoms with E-state index in [0.717, 1.165) is 5.92 Å². The van der Waals surface area contributed by atoms with Gasteiger partial charge >= 0.3 is 0 Å². The van der Waals surface area contributed by atoms with Crippen LogP contribution in [0, 0.1) is 12.8 Å². The van der Waals surface area contributed by atoms with Crippen molar-refractivity contribution < 1.29 is 0 Å². The Hall–Kier alpha value is -0.780. The number of hydrogen-bond donors (Lipinski definition) is 0. The molecular weight excluding hydrogens is 192 g/mol. The van der Waals surface area contributed by atoms with Gasteiger partial charge in [-0.25, -0.2) is 0 Å². The highest BCUT2D eigenvalue weighted by molar-refractivity contribution is 5.30. The molecule has 0 heteroatoms. The van der Waals surface area contributed by atoms with E-state index in [1.165, 1.54) is 37.7 Å². The van der Waals surface area contributed by atoms with Gasteiger partial charge in [-0.3, -0.25) is 0 Å². The van der Waals surface area contributed by atoms with E-state index in [1.54, 1.807) is 5.56 Å². The Morgan fingerprint density at radius 3 is 2.44 bits per heavy atom. The largest absolute Gasteiger partial charge is 0.0651 e. The molecule has 0 bridgehead atoms. The van der Waals surface area contributed by atoms with Crippen molar-refractivity contribution in [1.29, 1.82) is 0 Å². The van der Waals surface area contributed by atoms with E-state index in [9.17, 15) is 0 Å². The predicted molar refractivity (Wildman–Crippen MR) is 70.8 cm³/mol. The maximum absolute atomic E-state index is 2.37. The van der Waals surface area contributed by atoms with Crippen LogP contribution in [-0.4, -0.2) is 0 Å². The second-order valence-electron chi connectivity index (χ2n) is 5.37. The first-order valence-corrected chi connectivity index (χ1v) is 6.80. The minimum Gasteiger partial charge on any atom is -0.0651 e. The van der Waals surface area contributed by atoms with Gasteiger partial charge in [0, 0.05) is 0 Å². The number of hydrogen-bond acceptors (Lipinski definition) is 0. The first kappa shape index (κ1) is 11.7. The van der Waals surface area contributed by atoms with Crippen LogP contribution >= 0.6 is 0 Å². The molecule has 1 aromatic carbocycles. The summed E-state index contributed by atoms with van der Waals surface area (Å²) >= 11 is 0. The fraction of sp³-hybridized carbons (Fsp3) is 0.625. The Labute approximate surface area is 100 Å². The third-order valence-corrected chi connectivity index (χ3v) is 4.71. The molecule has 1 aromatic rings. The Kier molecular flexibility index (Phi) is 3.37. The molecule has 0 radical (unpaired) electrons. The minimum absolute atomic E-state index is 0.489. The van der Waals surface area contributed by atoms with Crippen molar-refractivity contribution in [3.05, 3.63) is 35.4 Å². The van der Waals surface area contributed by atoms with Gasteiger partial charge in [0.25, 0.3) is 0 Å². The third-order valence-electron chi connectivity index (χ3n) is 4.71. The molecule has 0 N–H and O–H groups in total. The highest BCUT2D eigenvalue weighted by Gasteiger charge is 2.41. The Morgan fingerprint density at radius 2 is 1.88 bits per heavy atom. The zero-order valence-electron chi connectivity index (χ0n) is 10.9. The van der Waals surface area contributed by atoms with Crippen molar-refractivity contribution in [2.24, 2.45) is 5.92 Å². The summed E-state index contributed by atoms with van der Waals surface area (Å²) in [5.41, 5.74) is 3.45. The molecule has 1 aliphatic rings. The van der Waals surface area contributed by atoms with Gasteiger partial charge < -0.3 is 0 Å². The van der Waals surface area contributed by atoms with Gasteiger partial charge in [-0.1, -0.05) is 56.5 Å². The summed E-state index contributed by atoms with van der Waals surface area (Å²) in [4.78, 5) is 0. The minimum atomic E-state index is 0.489. The predicted octanol–water partition coefficient (Wildman–Crippen LogP) is 4.85. The zero-order chi connectivity index (χ0) is 11.6. The topological polar surface area (TPSA) is 0 Å². The summed E-state index contributed by atoms with van der Waals surface area (Å²) in [5, 5.41) is 0. The van der Waals surface area contributed by atoms with E-state index in [-0.39, 0.29) is 0 Å². The summed E-state index contributed by atoms with van der Waals surface area (Å²) < 4.78 is 0. The Balaban J connectivity index is 2.37. The van der Waals surface area contributed by atoms with Crippen LogP contribution in [-0.2, 0) is 5.41 Å². The van der Waals surface area contributed by atoms with Crippen molar-refractivity contribution in [2.75, 3.05) is 0 Å². The van der Waals surface area contributed by atoms with E-state index in [2.05, 4.69) is 45.0 Å². The van der Waals surface area contributed by atoms with Crippen molar-refractivity contribution in [2.45, 2.75) is 58.3 Å². The first-order valence-electron chi connectivity index (χ1n) is 6.80. The average molecular weight is 216 g/mol. The molecule has 0 spiro atoms. The van der Waals surface area contributed by atoms with Crippen LogP contribution in [0.5, 0.6) is 0 Å². The summed E-state index contributed by atoms with van der Waals surface area (Å²) in [6.07, 6.45) is 6.87. The Bertz CT molecular complexity index is 336. The second-order valence-corrected chi connectivity index (χ2v) is 5.37. The van der Waals surface area contributed by atoms with Crippen LogP contribution in [0.25, 0.3) is 0 Å². The highest BCUT2D eigenvalue weighted by Crippen LogP contribution is 2.49. The first-order chi connectivity index (χ1) is 7.73. The lowest BCUT2D eigenvalue weighted by molar-refractivity contribution is 0.294. The van der Waals surface area contributed by atoms with E-state index in [1.807, 2.05) is 0 Å². The van der Waals surface area contributed by atoms with Gasteiger partial charge in [-0.15, -0.1) is 0 Å². The molecule has 1 fully saturated rings. The quantitative estimate of drug-likeness (QED) is 0.677. The molecule has 2 atom stereocenters. The van der Waals surface area contributed by atoms with Crippen LogP contribution in [0.2, 0.25) is 0 Å². The number of rotatable bonds is 3. The molecule has 0 heterocycles. The van der Waals surface area contributed by atoms with Crippen molar-refractivity contribution in [3.8, 4) is 0 Å². The van der Waals surface area contributed by atoms with Crippen LogP contribution in [0.3, 0.4) is 0 Å². The molecule has 88 valence electrons. The van der Waals surface area contributed by atoms with Crippen molar-refractivity contribution >= 4 is 0 Å². The maximum Gasteiger partial charge on any atom is -0.00215 e. The third kappa shape index (κ3) is 1.79. The smallest absolute Gasteiger partial charge is 0.00215 e. The molecule has 0 saturated heterocycles. The normalized spacial score (nSPS) is 29.6. The second kappa shape index (κ2) is 4.61. The molecule has 0 amide bonds. The summed E-state index contributed by atoms with van der Waals surface area (Å²) in [6.45, 7) is 6.90. The standard InChI is InChI=1S/C16H24/c1-4-14-7-6-12-16(14,5-2)15-10-8-13(3)9-11-15/h8-11,14H,4-7,12H2,1-3H3. The maximum atomic E-state index is 2.37. The monoisotopic (exact) mass is 216 g/mol. The molecule has 2 unspecified atom stereocenters. The molecule has 1 saturated carbocycles. The van der Waals surface area contributed by atoms with Crippen molar-refractivity contribution in [1.82, 2.24) is 0 Å². The highest BCUT2D eigenvalue weighted by atomic mass is 14.4. The number of benzene rings is 1. The lowest BCUT2D eigenvalue weighted by Crippen LogP contribution is -2.29. The van der Waals surface area contributed by atoms with Gasteiger partial charge in [0.2, 0.25) is 0 Å². The van der Waals surface area contributed by atoms with Gasteiger partial charge in [0.1, 0.15) is 0 Å². The fourth-order valence-electron chi connectivity index (χ4n) is 3.67. The fourth-order valence-corrected chi connectivity index (χ4v) is 3.67. The Morgan fingerprint density at radius 1 is 1.19 bits per heavy atom. The SMILES string of the molecule is CCC1CCCC1(CC)c1ccc(C)cc1. The van der Waals surface area contributed by atoms with Crippen molar-refractivity contribution in [3.63, 3.8) is 0 Å². The molecular formula is C16H24. The van der Waals surface area contributed by atoms with Gasteiger partial charge in [0.05, 0.1) is 0 Å². The van der Waals surface area contributed by atoms with Crippen LogP contribution in [0.1, 0.15) is 57.1 Å². The molecule has 0 aromatic heterocycles. The molecule has 0 aliphatic heterocycles. The summed E-state index contributed by atoms with van der Waals surface area (Å²) in [7, 11) is 0. The van der Waals surface area contributed by atoms with Crippen LogP contribution < -0.4 is 0 Å². The van der Waals surface area contributed by atoms with E-state index in [4.69, 9.17) is 0 Å². The van der Waals surface area contributed by atoms with Crippen LogP contribution in [0.4, 0.5) is 0 Å². The van der Waals surface area contributed by atoms with E-state index >= 15 is 0 Å². The summed E-state index contributed by atoms with van der Waals surface area (Å²) in [6, 6.07) is 9.29. The van der Waals surface area contributed by atoms with E-state index in [0.29, 0.717) is 5.41 Å². The molecule has 16 heavy (non-hydrogen) atoms. The lowest BCUT2D eigenvalue weighted by Gasteiger charge is -2.35. The molecule has 1 aliphatic carbocycles. The van der Waals surface area contributed by atoms with E-state index < -0.39 is 0 Å². The average Bonchev–Trinajstić information content (AvgIpc) is 2.74. The lowest BCUT2D eigenvalue weighted by atomic mass is 9.69. The molecule has 0 nitrogen and oxygen atoms in total. The van der Waals surface area contributed by atoms with Crippen LogP contribution in [0.15, 0.2) is 24.3 Å². The molecule has 2 rings (SSSR count). The van der Waals surface area contributed by atoms with Gasteiger partial charge in [-0.2, -0.15) is 0 Å². The van der Waals surface area contributed by atoms with Gasteiger partial charge in [-0.05, 0) is 43.1 Å².